The normalized spacial score (nSPS) is 22.9. The summed E-state index contributed by atoms with van der Waals surface area (Å²) in [6, 6.07) is 64.2. The van der Waals surface area contributed by atoms with Crippen molar-refractivity contribution in [3.63, 3.8) is 0 Å². The molecule has 270 valence electrons. The van der Waals surface area contributed by atoms with Gasteiger partial charge in [-0.05, 0) is 130 Å². The Balaban J connectivity index is 1.09. The molecule has 1 spiro atoms. The molecular formula is C55H40N2. The molecule has 2 aromatic heterocycles. The lowest BCUT2D eigenvalue weighted by molar-refractivity contribution is 0.192. The molecule has 57 heavy (non-hydrogen) atoms. The zero-order chi connectivity index (χ0) is 37.0. The standard InChI is InChI=1S/C55H40N2/c1-2-15-37(16-3-1)56-47-25-10-7-21-43(47)50-39(23-13-27-49(50)56)34-14-12-17-38(32-34)57-48-26-11-8-22-44(48)51-40-18-4-5-19-41(40)53-52(54(51)57)42-20-6-9-24-45(42)55(53)36-29-33-28-35(31-36)46(55)30-33/h1-27,32-33,35-36,46H,28-31H2. The van der Waals surface area contributed by atoms with Gasteiger partial charge in [-0.15, -0.1) is 0 Å². The fourth-order valence-electron chi connectivity index (χ4n) is 13.6. The number of hydrogen-bond donors (Lipinski definition) is 0. The summed E-state index contributed by atoms with van der Waals surface area (Å²) in [7, 11) is 0. The van der Waals surface area contributed by atoms with Crippen LogP contribution in [0.15, 0.2) is 170 Å². The number of nitrogens with zero attached hydrogens (tertiary/aromatic N) is 2. The van der Waals surface area contributed by atoms with Crippen molar-refractivity contribution >= 4 is 54.4 Å². The summed E-state index contributed by atoms with van der Waals surface area (Å²) in [5.74, 6) is 3.20. The second kappa shape index (κ2) is 10.9. The number of benzene rings is 8. The van der Waals surface area contributed by atoms with Gasteiger partial charge in [-0.2, -0.15) is 0 Å². The molecule has 2 heteroatoms. The molecule has 2 nitrogen and oxygen atoms in total. The summed E-state index contributed by atoms with van der Waals surface area (Å²) >= 11 is 0. The maximum atomic E-state index is 2.65. The van der Waals surface area contributed by atoms with Crippen LogP contribution in [0.25, 0.3) is 88.0 Å². The van der Waals surface area contributed by atoms with Crippen LogP contribution in [0.2, 0.25) is 0 Å². The van der Waals surface area contributed by atoms with Crippen LogP contribution in [0.3, 0.4) is 0 Å². The first kappa shape index (κ1) is 30.8. The van der Waals surface area contributed by atoms with Crippen LogP contribution in [0, 0.1) is 23.7 Å². The van der Waals surface area contributed by atoms with Gasteiger partial charge in [0.05, 0.1) is 22.1 Å². The van der Waals surface area contributed by atoms with E-state index in [0.717, 1.165) is 17.8 Å². The van der Waals surface area contributed by atoms with Crippen LogP contribution in [0.5, 0.6) is 0 Å². The van der Waals surface area contributed by atoms with Gasteiger partial charge < -0.3 is 9.13 Å². The van der Waals surface area contributed by atoms with E-state index in [1.807, 2.05) is 0 Å². The average molecular weight is 729 g/mol. The molecule has 0 saturated heterocycles. The lowest BCUT2D eigenvalue weighted by Gasteiger charge is -2.44. The van der Waals surface area contributed by atoms with Gasteiger partial charge in [0, 0.05) is 43.9 Å². The first-order chi connectivity index (χ1) is 28.3. The van der Waals surface area contributed by atoms with Crippen molar-refractivity contribution < 1.29 is 0 Å². The van der Waals surface area contributed by atoms with Crippen molar-refractivity contribution in [1.82, 2.24) is 9.13 Å². The van der Waals surface area contributed by atoms with E-state index in [9.17, 15) is 0 Å². The lowest BCUT2D eigenvalue weighted by Crippen LogP contribution is -2.40. The first-order valence-corrected chi connectivity index (χ1v) is 21.1. The van der Waals surface area contributed by atoms with E-state index in [4.69, 9.17) is 0 Å². The molecule has 5 unspecified atom stereocenters. The van der Waals surface area contributed by atoms with E-state index in [0.29, 0.717) is 5.92 Å². The molecule has 4 bridgehead atoms. The van der Waals surface area contributed by atoms with E-state index in [1.165, 1.54) is 114 Å². The van der Waals surface area contributed by atoms with Crippen LogP contribution in [0.4, 0.5) is 0 Å². The molecule has 0 amide bonds. The minimum absolute atomic E-state index is 0.0864. The molecule has 8 aromatic carbocycles. The third kappa shape index (κ3) is 3.73. The van der Waals surface area contributed by atoms with E-state index in [2.05, 4.69) is 179 Å². The largest absolute Gasteiger partial charge is 0.309 e. The molecule has 5 aliphatic carbocycles. The van der Waals surface area contributed by atoms with Crippen molar-refractivity contribution in [2.75, 3.05) is 0 Å². The summed E-state index contributed by atoms with van der Waals surface area (Å²) in [4.78, 5) is 0. The SMILES string of the molecule is c1ccc(-n2c3ccccc3c3c(-c4cccc(-n5c6ccccc6c6c7ccccc7c7c(c65)-c5ccccc5C75C6CC7CC(C6)C5C7)c4)cccc32)cc1. The maximum Gasteiger partial charge on any atom is 0.0629 e. The van der Waals surface area contributed by atoms with Crippen LogP contribution < -0.4 is 0 Å². The number of aromatic nitrogens is 2. The van der Waals surface area contributed by atoms with Gasteiger partial charge in [0.2, 0.25) is 0 Å². The Morgan fingerprint density at radius 1 is 0.456 bits per heavy atom. The molecule has 10 aromatic rings. The highest BCUT2D eigenvalue weighted by Crippen LogP contribution is 2.74. The van der Waals surface area contributed by atoms with Crippen LogP contribution in [-0.4, -0.2) is 9.13 Å². The molecular weight excluding hydrogens is 689 g/mol. The summed E-state index contributed by atoms with van der Waals surface area (Å²) in [5, 5.41) is 8.17. The number of fused-ring (bicyclic) bond motifs is 13. The number of rotatable bonds is 3. The van der Waals surface area contributed by atoms with Crippen LogP contribution >= 0.6 is 0 Å². The van der Waals surface area contributed by atoms with Crippen molar-refractivity contribution in [1.29, 1.82) is 0 Å². The summed E-state index contributed by atoms with van der Waals surface area (Å²) in [6.07, 6.45) is 5.59. The number of hydrogen-bond acceptors (Lipinski definition) is 0. The number of para-hydroxylation sites is 3. The fourth-order valence-corrected chi connectivity index (χ4v) is 13.6. The Labute approximate surface area is 331 Å². The quantitative estimate of drug-likeness (QED) is 0.171. The minimum Gasteiger partial charge on any atom is -0.309 e. The van der Waals surface area contributed by atoms with Gasteiger partial charge >= 0.3 is 0 Å². The Morgan fingerprint density at radius 2 is 1.11 bits per heavy atom. The van der Waals surface area contributed by atoms with Crippen molar-refractivity contribution in [3.8, 4) is 33.6 Å². The van der Waals surface area contributed by atoms with E-state index < -0.39 is 0 Å². The van der Waals surface area contributed by atoms with Gasteiger partial charge in [0.25, 0.3) is 0 Å². The molecule has 0 aliphatic heterocycles. The molecule has 5 aliphatic rings. The molecule has 0 N–H and O–H groups in total. The monoisotopic (exact) mass is 728 g/mol. The predicted octanol–water partition coefficient (Wildman–Crippen LogP) is 14.0. The lowest BCUT2D eigenvalue weighted by atomic mass is 9.59. The highest BCUT2D eigenvalue weighted by atomic mass is 15.0. The van der Waals surface area contributed by atoms with Crippen molar-refractivity contribution in [2.45, 2.75) is 31.1 Å². The second-order valence-corrected chi connectivity index (χ2v) is 17.6. The Bertz CT molecular complexity index is 3340. The molecule has 15 rings (SSSR count). The smallest absolute Gasteiger partial charge is 0.0629 e. The Kier molecular flexibility index (Phi) is 5.90. The van der Waals surface area contributed by atoms with E-state index in [1.54, 1.807) is 11.1 Å². The van der Waals surface area contributed by atoms with Crippen molar-refractivity contribution in [3.05, 3.63) is 181 Å². The molecule has 4 fully saturated rings. The summed E-state index contributed by atoms with van der Waals surface area (Å²) in [6.45, 7) is 0. The van der Waals surface area contributed by atoms with Gasteiger partial charge in [-0.25, -0.2) is 0 Å². The highest BCUT2D eigenvalue weighted by Gasteiger charge is 2.66. The molecule has 0 radical (unpaired) electrons. The van der Waals surface area contributed by atoms with Crippen LogP contribution in [-0.2, 0) is 5.41 Å². The van der Waals surface area contributed by atoms with E-state index >= 15 is 0 Å². The van der Waals surface area contributed by atoms with Gasteiger partial charge in [-0.3, -0.25) is 0 Å². The zero-order valence-electron chi connectivity index (χ0n) is 31.7. The molecule has 5 atom stereocenters. The minimum atomic E-state index is 0.0864. The predicted molar refractivity (Wildman–Crippen MR) is 237 cm³/mol. The highest BCUT2D eigenvalue weighted by molar-refractivity contribution is 6.27. The van der Waals surface area contributed by atoms with Crippen LogP contribution in [0.1, 0.15) is 36.8 Å². The fraction of sp³-hybridized carbons (Fsp3) is 0.164. The maximum absolute atomic E-state index is 2.65. The molecule has 2 heterocycles. The average Bonchev–Trinajstić information content (AvgIpc) is 4.02. The van der Waals surface area contributed by atoms with Gasteiger partial charge in [0.1, 0.15) is 0 Å². The van der Waals surface area contributed by atoms with Gasteiger partial charge in [-0.1, -0.05) is 127 Å². The summed E-state index contributed by atoms with van der Waals surface area (Å²) in [5.41, 5.74) is 16.3. The topological polar surface area (TPSA) is 9.86 Å². The first-order valence-electron chi connectivity index (χ1n) is 21.1. The van der Waals surface area contributed by atoms with E-state index in [-0.39, 0.29) is 5.41 Å². The molecule has 4 saturated carbocycles. The third-order valence-electron chi connectivity index (χ3n) is 15.2. The second-order valence-electron chi connectivity index (χ2n) is 17.6. The summed E-state index contributed by atoms with van der Waals surface area (Å²) < 4.78 is 5.07. The van der Waals surface area contributed by atoms with Gasteiger partial charge in [0.15, 0.2) is 0 Å². The third-order valence-corrected chi connectivity index (χ3v) is 15.2. The Hall–Kier alpha value is -6.38. The van der Waals surface area contributed by atoms with Crippen molar-refractivity contribution in [2.24, 2.45) is 23.7 Å². The Morgan fingerprint density at radius 3 is 1.95 bits per heavy atom. The zero-order valence-corrected chi connectivity index (χ0v) is 31.7.